The van der Waals surface area contributed by atoms with Gasteiger partial charge in [-0.1, -0.05) is 18.2 Å². The van der Waals surface area contributed by atoms with E-state index in [1.165, 1.54) is 12.1 Å². The van der Waals surface area contributed by atoms with Gasteiger partial charge in [0.2, 0.25) is 0 Å². The lowest BCUT2D eigenvalue weighted by molar-refractivity contribution is 0.0797. The van der Waals surface area contributed by atoms with Crippen LogP contribution in [0.15, 0.2) is 55.3 Å². The van der Waals surface area contributed by atoms with Crippen molar-refractivity contribution in [3.8, 4) is 0 Å². The minimum atomic E-state index is -0.384. The summed E-state index contributed by atoms with van der Waals surface area (Å²) in [5.74, 6) is -0.222. The quantitative estimate of drug-likeness (QED) is 0.589. The highest BCUT2D eigenvalue weighted by atomic mass is 19.1. The third kappa shape index (κ3) is 6.75. The van der Waals surface area contributed by atoms with Gasteiger partial charge in [0, 0.05) is 45.2 Å². The fourth-order valence-corrected chi connectivity index (χ4v) is 2.92. The molecule has 0 aliphatic heterocycles. The Hall–Kier alpha value is -1.95. The monoisotopic (exact) mass is 360 g/mol. The average molecular weight is 360 g/mol. The summed E-state index contributed by atoms with van der Waals surface area (Å²) in [6.07, 6.45) is 4.99. The smallest absolute Gasteiger partial charge is 0.123 e. The number of allylic oxidation sites excluding steroid dienone is 1. The molecule has 1 heterocycles. The number of ether oxygens (including phenoxy) is 1. The first-order valence-corrected chi connectivity index (χ1v) is 9.01. The molecule has 2 rings (SSSR count). The molecule has 142 valence electrons. The molecular weight excluding hydrogens is 331 g/mol. The molecule has 0 fully saturated rings. The van der Waals surface area contributed by atoms with Crippen molar-refractivity contribution in [2.45, 2.75) is 32.0 Å². The SMILES string of the molecule is C=CCC[C@H](O)CN(CCOC)Cc1cccn1Cc1ccc(F)cc1. The van der Waals surface area contributed by atoms with Crippen LogP contribution in [0.25, 0.3) is 0 Å². The molecule has 0 spiro atoms. The average Bonchev–Trinajstić information content (AvgIpc) is 3.06. The third-order valence-electron chi connectivity index (χ3n) is 4.36. The standard InChI is InChI=1S/C21H29FN2O2/c1-3-4-7-21(25)17-23(13-14-26-2)16-20-6-5-12-24(20)15-18-8-10-19(22)11-9-18/h3,5-6,8-12,21,25H,1,4,7,13-17H2,2H3/t21-/m0/s1. The van der Waals surface area contributed by atoms with Gasteiger partial charge in [0.15, 0.2) is 0 Å². The van der Waals surface area contributed by atoms with Crippen LogP contribution >= 0.6 is 0 Å². The number of nitrogens with zero attached hydrogens (tertiary/aromatic N) is 2. The van der Waals surface area contributed by atoms with Crippen molar-refractivity contribution in [3.05, 3.63) is 72.3 Å². The molecule has 0 saturated heterocycles. The molecule has 1 atom stereocenters. The lowest BCUT2D eigenvalue weighted by atomic mass is 10.2. The second kappa shape index (κ2) is 10.9. The summed E-state index contributed by atoms with van der Waals surface area (Å²) in [6.45, 7) is 7.09. The van der Waals surface area contributed by atoms with Crippen molar-refractivity contribution in [1.29, 1.82) is 0 Å². The van der Waals surface area contributed by atoms with Crippen molar-refractivity contribution in [1.82, 2.24) is 9.47 Å². The highest BCUT2D eigenvalue weighted by Crippen LogP contribution is 2.12. The molecule has 0 amide bonds. The van der Waals surface area contributed by atoms with Crippen LogP contribution in [-0.2, 0) is 17.8 Å². The van der Waals surface area contributed by atoms with Crippen LogP contribution in [0.1, 0.15) is 24.1 Å². The summed E-state index contributed by atoms with van der Waals surface area (Å²) in [5.41, 5.74) is 2.21. The van der Waals surface area contributed by atoms with Crippen LogP contribution in [0.5, 0.6) is 0 Å². The molecule has 0 saturated carbocycles. The fraction of sp³-hybridized carbons (Fsp3) is 0.429. The summed E-state index contributed by atoms with van der Waals surface area (Å²) in [4.78, 5) is 2.20. The van der Waals surface area contributed by atoms with E-state index in [9.17, 15) is 9.50 Å². The number of methoxy groups -OCH3 is 1. The maximum absolute atomic E-state index is 13.1. The number of rotatable bonds is 12. The minimum Gasteiger partial charge on any atom is -0.392 e. The number of halogens is 1. The van der Waals surface area contributed by atoms with E-state index in [1.54, 1.807) is 19.2 Å². The normalized spacial score (nSPS) is 12.5. The molecule has 0 aliphatic carbocycles. The van der Waals surface area contributed by atoms with Crippen LogP contribution in [-0.4, -0.2) is 47.5 Å². The first kappa shape index (κ1) is 20.4. The number of aromatic nitrogens is 1. The number of hydrogen-bond acceptors (Lipinski definition) is 3. The van der Waals surface area contributed by atoms with E-state index in [2.05, 4.69) is 22.1 Å². The molecule has 5 heteroatoms. The molecule has 2 aromatic rings. The molecule has 1 aromatic carbocycles. The highest BCUT2D eigenvalue weighted by molar-refractivity contribution is 5.18. The van der Waals surface area contributed by atoms with Crippen molar-refractivity contribution < 1.29 is 14.2 Å². The van der Waals surface area contributed by atoms with E-state index in [0.717, 1.165) is 30.8 Å². The second-order valence-electron chi connectivity index (χ2n) is 6.50. The second-order valence-corrected chi connectivity index (χ2v) is 6.50. The van der Waals surface area contributed by atoms with E-state index in [4.69, 9.17) is 4.74 Å². The van der Waals surface area contributed by atoms with Gasteiger partial charge >= 0.3 is 0 Å². The lowest BCUT2D eigenvalue weighted by Crippen LogP contribution is -2.35. The van der Waals surface area contributed by atoms with Crippen LogP contribution in [0, 0.1) is 5.82 Å². The molecule has 1 N–H and O–H groups in total. The summed E-state index contributed by atoms with van der Waals surface area (Å²) >= 11 is 0. The Labute approximate surface area is 155 Å². The van der Waals surface area contributed by atoms with Crippen LogP contribution < -0.4 is 0 Å². The van der Waals surface area contributed by atoms with Crippen molar-refractivity contribution in [3.63, 3.8) is 0 Å². The zero-order valence-electron chi connectivity index (χ0n) is 15.5. The minimum absolute atomic E-state index is 0.222. The van der Waals surface area contributed by atoms with Gasteiger partial charge in [-0.15, -0.1) is 6.58 Å². The van der Waals surface area contributed by atoms with Gasteiger partial charge in [-0.2, -0.15) is 0 Å². The molecule has 0 radical (unpaired) electrons. The van der Waals surface area contributed by atoms with E-state index < -0.39 is 0 Å². The molecule has 4 nitrogen and oxygen atoms in total. The third-order valence-corrected chi connectivity index (χ3v) is 4.36. The summed E-state index contributed by atoms with van der Waals surface area (Å²) < 4.78 is 20.5. The molecule has 0 aliphatic rings. The van der Waals surface area contributed by atoms with Crippen molar-refractivity contribution in [2.24, 2.45) is 0 Å². The van der Waals surface area contributed by atoms with Crippen LogP contribution in [0.2, 0.25) is 0 Å². The number of aliphatic hydroxyl groups excluding tert-OH is 1. The Morgan fingerprint density at radius 1 is 1.31 bits per heavy atom. The predicted molar refractivity (Wildman–Crippen MR) is 103 cm³/mol. The summed E-state index contributed by atoms with van der Waals surface area (Å²) in [7, 11) is 1.68. The first-order valence-electron chi connectivity index (χ1n) is 9.01. The number of aliphatic hydroxyl groups is 1. The number of hydrogen-bond donors (Lipinski definition) is 1. The van der Waals surface area contributed by atoms with E-state index in [-0.39, 0.29) is 11.9 Å². The maximum atomic E-state index is 13.1. The Morgan fingerprint density at radius 2 is 2.08 bits per heavy atom. The van der Waals surface area contributed by atoms with Crippen LogP contribution in [0.4, 0.5) is 4.39 Å². The number of benzene rings is 1. The first-order chi connectivity index (χ1) is 12.6. The van der Waals surface area contributed by atoms with Crippen molar-refractivity contribution >= 4 is 0 Å². The largest absolute Gasteiger partial charge is 0.392 e. The Kier molecular flexibility index (Phi) is 8.54. The zero-order valence-corrected chi connectivity index (χ0v) is 15.5. The van der Waals surface area contributed by atoms with E-state index >= 15 is 0 Å². The predicted octanol–water partition coefficient (Wildman–Crippen LogP) is 3.45. The summed E-state index contributed by atoms with van der Waals surface area (Å²) in [6, 6.07) is 10.7. The Balaban J connectivity index is 2.01. The highest BCUT2D eigenvalue weighted by Gasteiger charge is 2.14. The maximum Gasteiger partial charge on any atom is 0.123 e. The Bertz CT molecular complexity index is 654. The molecule has 0 unspecified atom stereocenters. The zero-order chi connectivity index (χ0) is 18.8. The van der Waals surface area contributed by atoms with Gasteiger partial charge < -0.3 is 14.4 Å². The molecule has 0 bridgehead atoms. The van der Waals surface area contributed by atoms with Gasteiger partial charge in [-0.25, -0.2) is 4.39 Å². The van der Waals surface area contributed by atoms with Crippen LogP contribution in [0.3, 0.4) is 0 Å². The van der Waals surface area contributed by atoms with Crippen molar-refractivity contribution in [2.75, 3.05) is 26.8 Å². The van der Waals surface area contributed by atoms with Gasteiger partial charge in [0.1, 0.15) is 5.82 Å². The van der Waals surface area contributed by atoms with Gasteiger partial charge in [-0.3, -0.25) is 4.90 Å². The lowest BCUT2D eigenvalue weighted by Gasteiger charge is -2.25. The molecule has 1 aromatic heterocycles. The Morgan fingerprint density at radius 3 is 2.77 bits per heavy atom. The van der Waals surface area contributed by atoms with Gasteiger partial charge in [0.25, 0.3) is 0 Å². The van der Waals surface area contributed by atoms with E-state index in [0.29, 0.717) is 26.1 Å². The van der Waals surface area contributed by atoms with Gasteiger partial charge in [0.05, 0.1) is 12.7 Å². The van der Waals surface area contributed by atoms with Gasteiger partial charge in [-0.05, 0) is 42.7 Å². The fourth-order valence-electron chi connectivity index (χ4n) is 2.92. The molecular formula is C21H29FN2O2. The topological polar surface area (TPSA) is 37.6 Å². The van der Waals surface area contributed by atoms with E-state index in [1.807, 2.05) is 18.3 Å². The summed E-state index contributed by atoms with van der Waals surface area (Å²) in [5, 5.41) is 10.2. The molecule has 26 heavy (non-hydrogen) atoms.